The van der Waals surface area contributed by atoms with E-state index in [9.17, 15) is 4.79 Å². The van der Waals surface area contributed by atoms with E-state index in [4.69, 9.17) is 10.2 Å². The fourth-order valence-electron chi connectivity index (χ4n) is 2.71. The molecular formula is C14H25Cl2N3O2. The van der Waals surface area contributed by atoms with Gasteiger partial charge in [0.15, 0.2) is 0 Å². The van der Waals surface area contributed by atoms with Crippen LogP contribution in [0, 0.1) is 5.92 Å². The van der Waals surface area contributed by atoms with Gasteiger partial charge in [-0.2, -0.15) is 0 Å². The second kappa shape index (κ2) is 9.30. The Kier molecular flexibility index (Phi) is 8.97. The summed E-state index contributed by atoms with van der Waals surface area (Å²) in [6.45, 7) is 3.35. The molecule has 1 aliphatic heterocycles. The van der Waals surface area contributed by atoms with E-state index in [-0.39, 0.29) is 30.7 Å². The molecule has 0 spiro atoms. The Bertz CT molecular complexity index is 440. The van der Waals surface area contributed by atoms with Crippen LogP contribution in [0.4, 0.5) is 0 Å². The number of nitrogens with zero attached hydrogens (tertiary/aromatic N) is 2. The van der Waals surface area contributed by atoms with Gasteiger partial charge in [0.05, 0.1) is 12.1 Å². The van der Waals surface area contributed by atoms with Crippen molar-refractivity contribution in [3.05, 3.63) is 23.7 Å². The molecule has 21 heavy (non-hydrogen) atoms. The smallest absolute Gasteiger partial charge is 0.256 e. The fraction of sp³-hybridized carbons (Fsp3) is 0.643. The number of hydrogen-bond donors (Lipinski definition) is 1. The van der Waals surface area contributed by atoms with Crippen molar-refractivity contribution < 1.29 is 9.21 Å². The van der Waals surface area contributed by atoms with Gasteiger partial charge in [0.1, 0.15) is 12.0 Å². The normalized spacial score (nSPS) is 18.5. The van der Waals surface area contributed by atoms with Crippen LogP contribution in [0.5, 0.6) is 0 Å². The molecule has 1 saturated heterocycles. The highest BCUT2D eigenvalue weighted by molar-refractivity contribution is 5.93. The van der Waals surface area contributed by atoms with Gasteiger partial charge in [-0.3, -0.25) is 4.79 Å². The average molecular weight is 338 g/mol. The van der Waals surface area contributed by atoms with Crippen LogP contribution in [0.15, 0.2) is 16.7 Å². The number of hydrogen-bond acceptors (Lipinski definition) is 4. The molecule has 7 heteroatoms. The Morgan fingerprint density at radius 1 is 1.52 bits per heavy atom. The number of nitrogens with two attached hydrogens (primary N) is 1. The molecule has 2 heterocycles. The molecule has 0 aromatic carbocycles. The summed E-state index contributed by atoms with van der Waals surface area (Å²) in [7, 11) is 3.99. The third-order valence-corrected chi connectivity index (χ3v) is 3.70. The second-order valence-electron chi connectivity index (χ2n) is 5.46. The SMILES string of the molecule is CN1CCCC(CN(C)C(=O)c2coc(CN)c2)C1.Cl.Cl. The molecule has 1 atom stereocenters. The minimum Gasteiger partial charge on any atom is -0.467 e. The molecule has 122 valence electrons. The Morgan fingerprint density at radius 2 is 2.24 bits per heavy atom. The minimum absolute atomic E-state index is 0. The maximum absolute atomic E-state index is 12.2. The van der Waals surface area contributed by atoms with Crippen LogP contribution in [0.3, 0.4) is 0 Å². The zero-order valence-corrected chi connectivity index (χ0v) is 14.2. The topological polar surface area (TPSA) is 62.7 Å². The summed E-state index contributed by atoms with van der Waals surface area (Å²) in [4.78, 5) is 16.4. The Hall–Kier alpha value is -0.750. The van der Waals surface area contributed by atoms with Crippen molar-refractivity contribution in [2.75, 3.05) is 33.7 Å². The predicted octanol–water partition coefficient (Wildman–Crippen LogP) is 2.00. The van der Waals surface area contributed by atoms with Crippen LogP contribution in [-0.4, -0.2) is 49.4 Å². The fourth-order valence-corrected chi connectivity index (χ4v) is 2.71. The highest BCUT2D eigenvalue weighted by Crippen LogP contribution is 2.17. The summed E-state index contributed by atoms with van der Waals surface area (Å²) in [5.74, 6) is 1.22. The van der Waals surface area contributed by atoms with Gasteiger partial charge in [0, 0.05) is 20.1 Å². The zero-order chi connectivity index (χ0) is 13.8. The maximum atomic E-state index is 12.2. The predicted molar refractivity (Wildman–Crippen MR) is 88.3 cm³/mol. The molecule has 0 bridgehead atoms. The van der Waals surface area contributed by atoms with Gasteiger partial charge in [-0.15, -0.1) is 24.8 Å². The van der Waals surface area contributed by atoms with Crippen LogP contribution >= 0.6 is 24.8 Å². The van der Waals surface area contributed by atoms with Gasteiger partial charge in [-0.1, -0.05) is 0 Å². The standard InChI is InChI=1S/C14H23N3O2.2ClH/c1-16-5-3-4-11(8-16)9-17(2)14(18)12-6-13(7-15)19-10-12;;/h6,10-11H,3-5,7-9,15H2,1-2H3;2*1H. The Labute approximate surface area is 138 Å². The molecule has 1 aliphatic rings. The number of amides is 1. The molecule has 0 radical (unpaired) electrons. The number of likely N-dealkylation sites (tertiary alicyclic amines) is 1. The molecule has 2 rings (SSSR count). The molecule has 1 aromatic heterocycles. The number of carbonyl (C=O) groups is 1. The van der Waals surface area contributed by atoms with Crippen LogP contribution in [-0.2, 0) is 6.54 Å². The largest absolute Gasteiger partial charge is 0.467 e. The first-order valence-electron chi connectivity index (χ1n) is 6.81. The van der Waals surface area contributed by atoms with Gasteiger partial charge >= 0.3 is 0 Å². The van der Waals surface area contributed by atoms with E-state index in [1.807, 2.05) is 7.05 Å². The van der Waals surface area contributed by atoms with Gasteiger partial charge in [0.25, 0.3) is 5.91 Å². The highest BCUT2D eigenvalue weighted by Gasteiger charge is 2.22. The summed E-state index contributed by atoms with van der Waals surface area (Å²) in [5, 5.41) is 0. The van der Waals surface area contributed by atoms with E-state index in [0.29, 0.717) is 23.8 Å². The van der Waals surface area contributed by atoms with Gasteiger partial charge < -0.3 is 20.0 Å². The van der Waals surface area contributed by atoms with Crippen molar-refractivity contribution in [1.82, 2.24) is 9.80 Å². The number of halogens is 2. The summed E-state index contributed by atoms with van der Waals surface area (Å²) >= 11 is 0. The van der Waals surface area contributed by atoms with E-state index in [2.05, 4.69) is 11.9 Å². The van der Waals surface area contributed by atoms with E-state index >= 15 is 0 Å². The first-order valence-corrected chi connectivity index (χ1v) is 6.81. The molecule has 0 saturated carbocycles. The lowest BCUT2D eigenvalue weighted by Gasteiger charge is -2.32. The number of furan rings is 1. The lowest BCUT2D eigenvalue weighted by Crippen LogP contribution is -2.39. The zero-order valence-electron chi connectivity index (χ0n) is 12.6. The summed E-state index contributed by atoms with van der Waals surface area (Å²) in [6, 6.07) is 1.73. The van der Waals surface area contributed by atoms with Gasteiger partial charge in [-0.25, -0.2) is 0 Å². The molecule has 1 aromatic rings. The Balaban J connectivity index is 0.00000200. The quantitative estimate of drug-likeness (QED) is 0.912. The van der Waals surface area contributed by atoms with Crippen molar-refractivity contribution in [3.8, 4) is 0 Å². The van der Waals surface area contributed by atoms with Crippen molar-refractivity contribution in [3.63, 3.8) is 0 Å². The first kappa shape index (κ1) is 20.2. The van der Waals surface area contributed by atoms with E-state index in [0.717, 1.165) is 19.6 Å². The van der Waals surface area contributed by atoms with Crippen LogP contribution < -0.4 is 5.73 Å². The highest BCUT2D eigenvalue weighted by atomic mass is 35.5. The van der Waals surface area contributed by atoms with Crippen LogP contribution in [0.2, 0.25) is 0 Å². The van der Waals surface area contributed by atoms with Gasteiger partial charge in [0.2, 0.25) is 0 Å². The molecule has 1 unspecified atom stereocenters. The van der Waals surface area contributed by atoms with E-state index in [1.54, 1.807) is 11.0 Å². The van der Waals surface area contributed by atoms with Crippen molar-refractivity contribution in [2.45, 2.75) is 19.4 Å². The Morgan fingerprint density at radius 3 is 2.81 bits per heavy atom. The number of piperidine rings is 1. The summed E-state index contributed by atoms with van der Waals surface area (Å²) in [5.41, 5.74) is 6.07. The lowest BCUT2D eigenvalue weighted by atomic mass is 9.98. The van der Waals surface area contributed by atoms with E-state index in [1.165, 1.54) is 19.1 Å². The van der Waals surface area contributed by atoms with Gasteiger partial charge in [-0.05, 0) is 38.4 Å². The molecule has 2 N–H and O–H groups in total. The van der Waals surface area contributed by atoms with Crippen LogP contribution in [0.1, 0.15) is 29.0 Å². The third kappa shape index (κ3) is 5.51. The minimum atomic E-state index is 0. The first-order chi connectivity index (χ1) is 9.10. The van der Waals surface area contributed by atoms with E-state index < -0.39 is 0 Å². The average Bonchev–Trinajstić information content (AvgIpc) is 2.86. The lowest BCUT2D eigenvalue weighted by molar-refractivity contribution is 0.0740. The monoisotopic (exact) mass is 337 g/mol. The maximum Gasteiger partial charge on any atom is 0.256 e. The van der Waals surface area contributed by atoms with Crippen molar-refractivity contribution in [1.29, 1.82) is 0 Å². The van der Waals surface area contributed by atoms with Crippen molar-refractivity contribution in [2.24, 2.45) is 11.7 Å². The second-order valence-corrected chi connectivity index (χ2v) is 5.46. The molecule has 5 nitrogen and oxygen atoms in total. The molecule has 0 aliphatic carbocycles. The molecular weight excluding hydrogens is 313 g/mol. The molecule has 1 fully saturated rings. The van der Waals surface area contributed by atoms with Crippen LogP contribution in [0.25, 0.3) is 0 Å². The van der Waals surface area contributed by atoms with Crippen molar-refractivity contribution >= 4 is 30.7 Å². The third-order valence-electron chi connectivity index (χ3n) is 3.70. The molecule has 1 amide bonds. The summed E-state index contributed by atoms with van der Waals surface area (Å²) in [6.07, 6.45) is 3.90. The summed E-state index contributed by atoms with van der Waals surface area (Å²) < 4.78 is 5.21. The number of carbonyl (C=O) groups excluding carboxylic acids is 1. The number of rotatable bonds is 4.